The molecule has 0 atom stereocenters. The molecule has 0 radical (unpaired) electrons. The molecule has 124 valence electrons. The first-order valence-corrected chi connectivity index (χ1v) is 7.22. The van der Waals surface area contributed by atoms with Crippen molar-refractivity contribution in [3.8, 4) is 5.75 Å². The van der Waals surface area contributed by atoms with E-state index in [4.69, 9.17) is 17.3 Å². The number of aliphatic imine (C=N–C) groups is 1. The molecule has 0 amide bonds. The van der Waals surface area contributed by atoms with Crippen molar-refractivity contribution in [2.24, 2.45) is 10.7 Å². The monoisotopic (exact) mass is 445 g/mol. The molecule has 3 N–H and O–H groups in total. The lowest BCUT2D eigenvalue weighted by atomic mass is 10.2. The van der Waals surface area contributed by atoms with E-state index in [1.165, 1.54) is 25.0 Å². The summed E-state index contributed by atoms with van der Waals surface area (Å²) in [6.07, 6.45) is 4.53. The van der Waals surface area contributed by atoms with Crippen LogP contribution < -0.4 is 15.8 Å². The lowest BCUT2D eigenvalue weighted by Crippen LogP contribution is -2.38. The summed E-state index contributed by atoms with van der Waals surface area (Å²) in [6.45, 7) is -2.75. The highest BCUT2D eigenvalue weighted by Crippen LogP contribution is 2.25. The molecule has 1 aliphatic rings. The Balaban J connectivity index is 0.00000242. The summed E-state index contributed by atoms with van der Waals surface area (Å²) in [7, 11) is 0. The molecular formula is C14H19ClF2IN3O. The highest BCUT2D eigenvalue weighted by molar-refractivity contribution is 14.0. The zero-order valence-corrected chi connectivity index (χ0v) is 15.0. The molecule has 0 aliphatic heterocycles. The van der Waals surface area contributed by atoms with Gasteiger partial charge in [-0.2, -0.15) is 8.78 Å². The predicted molar refractivity (Wildman–Crippen MR) is 94.2 cm³/mol. The molecule has 0 bridgehead atoms. The normalized spacial score (nSPS) is 15.7. The van der Waals surface area contributed by atoms with Crippen LogP contribution in [0.1, 0.15) is 31.2 Å². The fourth-order valence-electron chi connectivity index (χ4n) is 2.38. The summed E-state index contributed by atoms with van der Waals surface area (Å²) in [5.74, 6) is 0.372. The number of hydrogen-bond acceptors (Lipinski definition) is 2. The van der Waals surface area contributed by atoms with Crippen LogP contribution in [0.4, 0.5) is 8.78 Å². The van der Waals surface area contributed by atoms with Gasteiger partial charge in [0.15, 0.2) is 5.96 Å². The van der Waals surface area contributed by atoms with Gasteiger partial charge in [0, 0.05) is 16.6 Å². The van der Waals surface area contributed by atoms with Crippen molar-refractivity contribution >= 4 is 41.5 Å². The fourth-order valence-corrected chi connectivity index (χ4v) is 2.57. The number of nitrogens with zero attached hydrogens (tertiary/aromatic N) is 1. The van der Waals surface area contributed by atoms with Gasteiger partial charge in [0.2, 0.25) is 0 Å². The first kappa shape index (κ1) is 19.2. The van der Waals surface area contributed by atoms with Gasteiger partial charge >= 0.3 is 6.61 Å². The molecule has 0 aromatic heterocycles. The molecule has 0 spiro atoms. The largest absolute Gasteiger partial charge is 0.434 e. The topological polar surface area (TPSA) is 59.6 Å². The van der Waals surface area contributed by atoms with Gasteiger partial charge in [0.1, 0.15) is 5.75 Å². The number of nitrogens with one attached hydrogen (secondary N) is 1. The minimum Gasteiger partial charge on any atom is -0.434 e. The number of hydrogen-bond donors (Lipinski definition) is 2. The quantitative estimate of drug-likeness (QED) is 0.410. The second kappa shape index (κ2) is 9.34. The average Bonchev–Trinajstić information content (AvgIpc) is 2.91. The summed E-state index contributed by atoms with van der Waals surface area (Å²) in [5, 5.41) is 3.56. The Kier molecular flexibility index (Phi) is 8.16. The van der Waals surface area contributed by atoms with Gasteiger partial charge in [-0.25, -0.2) is 4.99 Å². The van der Waals surface area contributed by atoms with Crippen molar-refractivity contribution < 1.29 is 13.5 Å². The maximum atomic E-state index is 12.3. The number of rotatable bonds is 5. The second-order valence-corrected chi connectivity index (χ2v) is 5.39. The minimum absolute atomic E-state index is 0. The summed E-state index contributed by atoms with van der Waals surface area (Å²) >= 11 is 5.87. The van der Waals surface area contributed by atoms with Crippen molar-refractivity contribution in [2.75, 3.05) is 0 Å². The molecule has 2 rings (SSSR count). The first-order valence-electron chi connectivity index (χ1n) is 6.84. The maximum absolute atomic E-state index is 12.3. The smallest absolute Gasteiger partial charge is 0.387 e. The van der Waals surface area contributed by atoms with Crippen LogP contribution in [0.15, 0.2) is 23.2 Å². The SMILES string of the molecule is I.NC(=NCc1cc(Cl)ccc1OC(F)F)NC1CCCC1. The van der Waals surface area contributed by atoms with Gasteiger partial charge in [-0.05, 0) is 31.0 Å². The molecule has 1 aromatic carbocycles. The van der Waals surface area contributed by atoms with Crippen LogP contribution in [0.3, 0.4) is 0 Å². The average molecular weight is 446 g/mol. The van der Waals surface area contributed by atoms with Gasteiger partial charge < -0.3 is 15.8 Å². The number of alkyl halides is 2. The van der Waals surface area contributed by atoms with E-state index in [-0.39, 0.29) is 36.3 Å². The molecular weight excluding hydrogens is 427 g/mol. The summed E-state index contributed by atoms with van der Waals surface area (Å²) in [5.41, 5.74) is 6.28. The van der Waals surface area contributed by atoms with Crippen molar-refractivity contribution in [3.63, 3.8) is 0 Å². The van der Waals surface area contributed by atoms with Crippen molar-refractivity contribution in [3.05, 3.63) is 28.8 Å². The Morgan fingerprint density at radius 3 is 2.73 bits per heavy atom. The lowest BCUT2D eigenvalue weighted by Gasteiger charge is -2.13. The third-order valence-electron chi connectivity index (χ3n) is 3.37. The minimum atomic E-state index is -2.89. The lowest BCUT2D eigenvalue weighted by molar-refractivity contribution is -0.0504. The summed E-state index contributed by atoms with van der Waals surface area (Å²) < 4.78 is 29.1. The molecule has 0 saturated heterocycles. The highest BCUT2D eigenvalue weighted by Gasteiger charge is 2.15. The molecule has 0 heterocycles. The molecule has 22 heavy (non-hydrogen) atoms. The van der Waals surface area contributed by atoms with Gasteiger partial charge in [-0.1, -0.05) is 24.4 Å². The third-order valence-corrected chi connectivity index (χ3v) is 3.60. The molecule has 1 saturated carbocycles. The summed E-state index contributed by atoms with van der Waals surface area (Å²) in [4.78, 5) is 4.17. The predicted octanol–water partition coefficient (Wildman–Crippen LogP) is 3.91. The van der Waals surface area contributed by atoms with Crippen LogP contribution in [-0.4, -0.2) is 18.6 Å². The van der Waals surface area contributed by atoms with Gasteiger partial charge in [-0.15, -0.1) is 24.0 Å². The molecule has 1 fully saturated rings. The van der Waals surface area contributed by atoms with Gasteiger partial charge in [-0.3, -0.25) is 0 Å². The van der Waals surface area contributed by atoms with Gasteiger partial charge in [0.05, 0.1) is 6.54 Å². The van der Waals surface area contributed by atoms with E-state index in [0.717, 1.165) is 12.8 Å². The van der Waals surface area contributed by atoms with E-state index >= 15 is 0 Å². The Bertz CT molecular complexity index is 511. The van der Waals surface area contributed by atoms with Gasteiger partial charge in [0.25, 0.3) is 0 Å². The molecule has 1 aromatic rings. The standard InChI is InChI=1S/C14H18ClF2N3O.HI/c15-10-5-6-12(21-13(16)17)9(7-10)8-19-14(18)20-11-3-1-2-4-11;/h5-7,11,13H,1-4,8H2,(H3,18,19,20);1H. The number of ether oxygens (including phenoxy) is 1. The molecule has 4 nitrogen and oxygen atoms in total. The van der Waals surface area contributed by atoms with E-state index < -0.39 is 6.61 Å². The maximum Gasteiger partial charge on any atom is 0.387 e. The third kappa shape index (κ3) is 6.12. The summed E-state index contributed by atoms with van der Waals surface area (Å²) in [6, 6.07) is 4.79. The van der Waals surface area contributed by atoms with E-state index in [1.54, 1.807) is 6.07 Å². The number of nitrogens with two attached hydrogens (primary N) is 1. The fraction of sp³-hybridized carbons (Fsp3) is 0.500. The zero-order chi connectivity index (χ0) is 15.2. The Hall–Kier alpha value is -0.830. The van der Waals surface area contributed by atoms with E-state index in [9.17, 15) is 8.78 Å². The number of benzene rings is 1. The van der Waals surface area contributed by atoms with Crippen molar-refractivity contribution in [1.82, 2.24) is 5.32 Å². The van der Waals surface area contributed by atoms with Crippen LogP contribution in [-0.2, 0) is 6.54 Å². The Morgan fingerprint density at radius 2 is 2.09 bits per heavy atom. The Morgan fingerprint density at radius 1 is 1.41 bits per heavy atom. The first-order chi connectivity index (χ1) is 10.0. The second-order valence-electron chi connectivity index (χ2n) is 4.96. The van der Waals surface area contributed by atoms with Crippen LogP contribution in [0, 0.1) is 0 Å². The van der Waals surface area contributed by atoms with E-state index in [2.05, 4.69) is 15.0 Å². The van der Waals surface area contributed by atoms with Crippen molar-refractivity contribution in [2.45, 2.75) is 44.9 Å². The van der Waals surface area contributed by atoms with Crippen LogP contribution in [0.2, 0.25) is 5.02 Å². The molecule has 0 unspecified atom stereocenters. The zero-order valence-electron chi connectivity index (χ0n) is 11.9. The number of guanidine groups is 1. The van der Waals surface area contributed by atoms with Crippen molar-refractivity contribution in [1.29, 1.82) is 0 Å². The molecule has 1 aliphatic carbocycles. The number of halogens is 4. The van der Waals surface area contributed by atoms with Crippen LogP contribution in [0.5, 0.6) is 5.75 Å². The van der Waals surface area contributed by atoms with E-state index in [1.807, 2.05) is 0 Å². The van der Waals surface area contributed by atoms with Crippen LogP contribution in [0.25, 0.3) is 0 Å². The Labute approximate surface area is 150 Å². The highest BCUT2D eigenvalue weighted by atomic mass is 127. The van der Waals surface area contributed by atoms with E-state index in [0.29, 0.717) is 22.6 Å². The molecule has 8 heteroatoms. The van der Waals surface area contributed by atoms with Crippen LogP contribution >= 0.6 is 35.6 Å².